The van der Waals surface area contributed by atoms with Crippen LogP contribution in [-0.2, 0) is 0 Å². The average Bonchev–Trinajstić information content (AvgIpc) is 2.60. The van der Waals surface area contributed by atoms with Gasteiger partial charge in [0.2, 0.25) is 0 Å². The van der Waals surface area contributed by atoms with Crippen LogP contribution in [0.3, 0.4) is 0 Å². The number of nitrogens with one attached hydrogen (secondary N) is 1. The van der Waals surface area contributed by atoms with Gasteiger partial charge >= 0.3 is 0 Å². The van der Waals surface area contributed by atoms with Crippen LogP contribution in [0.5, 0.6) is 0 Å². The second-order valence-corrected chi connectivity index (χ2v) is 5.60. The van der Waals surface area contributed by atoms with Gasteiger partial charge in [-0.25, -0.2) is 0 Å². The molecule has 21 heavy (non-hydrogen) atoms. The number of benzene rings is 1. The lowest BCUT2D eigenvalue weighted by Gasteiger charge is -2.18. The number of amides is 3. The largest absolute Gasteiger partial charge is 0.350 e. The lowest BCUT2D eigenvalue weighted by atomic mass is 10.0. The van der Waals surface area contributed by atoms with Crippen molar-refractivity contribution >= 4 is 30.1 Å². The van der Waals surface area contributed by atoms with E-state index in [9.17, 15) is 14.4 Å². The van der Waals surface area contributed by atoms with Crippen molar-refractivity contribution in [1.29, 1.82) is 0 Å². The Labute approximate surface area is 129 Å². The zero-order valence-corrected chi connectivity index (χ0v) is 12.9. The van der Waals surface area contributed by atoms with Gasteiger partial charge in [0.25, 0.3) is 17.7 Å². The van der Waals surface area contributed by atoms with Crippen molar-refractivity contribution in [2.45, 2.75) is 19.4 Å². The van der Waals surface area contributed by atoms with Crippen LogP contribution in [0.1, 0.15) is 44.9 Å². The van der Waals surface area contributed by atoms with Crippen LogP contribution >= 0.6 is 12.4 Å². The lowest BCUT2D eigenvalue weighted by molar-refractivity contribution is 0.0693. The number of nitrogens with two attached hydrogens (primary N) is 1. The Balaban J connectivity index is 0.00000220. The summed E-state index contributed by atoms with van der Waals surface area (Å²) in [6.45, 7) is 3.91. The first-order valence-electron chi connectivity index (χ1n) is 6.24. The highest BCUT2D eigenvalue weighted by molar-refractivity contribution is 6.21. The molecule has 7 heteroatoms. The minimum atomic E-state index is -0.515. The summed E-state index contributed by atoms with van der Waals surface area (Å²) in [4.78, 5) is 36.6. The highest BCUT2D eigenvalue weighted by atomic mass is 35.5. The quantitative estimate of drug-likeness (QED) is 0.808. The van der Waals surface area contributed by atoms with E-state index < -0.39 is 5.54 Å². The molecule has 0 aromatic heterocycles. The minimum absolute atomic E-state index is 0. The number of hydrogen-bond acceptors (Lipinski definition) is 4. The van der Waals surface area contributed by atoms with Crippen LogP contribution in [0.2, 0.25) is 0 Å². The standard InChI is InChI=1S/C14H17N3O3.ClH/c1-14(2,15)7-16-11(18)8-4-5-9-10(6-8)13(20)17(3)12(9)19;/h4-6H,7,15H2,1-3H3,(H,16,18);1H. The normalized spacial score (nSPS) is 13.8. The van der Waals surface area contributed by atoms with Crippen molar-refractivity contribution in [3.05, 3.63) is 34.9 Å². The van der Waals surface area contributed by atoms with Crippen LogP contribution in [0.4, 0.5) is 0 Å². The summed E-state index contributed by atoms with van der Waals surface area (Å²) in [5, 5.41) is 2.69. The Morgan fingerprint density at radius 2 is 1.81 bits per heavy atom. The summed E-state index contributed by atoms with van der Waals surface area (Å²) < 4.78 is 0. The van der Waals surface area contributed by atoms with E-state index in [-0.39, 0.29) is 35.7 Å². The van der Waals surface area contributed by atoms with E-state index in [1.807, 2.05) is 0 Å². The van der Waals surface area contributed by atoms with Crippen LogP contribution in [0.15, 0.2) is 18.2 Å². The number of imide groups is 1. The van der Waals surface area contributed by atoms with Crippen molar-refractivity contribution in [2.75, 3.05) is 13.6 Å². The van der Waals surface area contributed by atoms with Crippen molar-refractivity contribution in [2.24, 2.45) is 5.73 Å². The van der Waals surface area contributed by atoms with E-state index in [0.717, 1.165) is 4.90 Å². The first kappa shape index (κ1) is 17.1. The highest BCUT2D eigenvalue weighted by Crippen LogP contribution is 2.22. The van der Waals surface area contributed by atoms with E-state index in [2.05, 4.69) is 5.32 Å². The number of carbonyl (C=O) groups is 3. The van der Waals surface area contributed by atoms with Crippen LogP contribution in [-0.4, -0.2) is 41.8 Å². The Kier molecular flexibility index (Phi) is 4.76. The third-order valence-electron chi connectivity index (χ3n) is 3.06. The van der Waals surface area contributed by atoms with Gasteiger partial charge in [0.05, 0.1) is 11.1 Å². The Morgan fingerprint density at radius 1 is 1.24 bits per heavy atom. The SMILES string of the molecule is CN1C(=O)c2ccc(C(=O)NCC(C)(C)N)cc2C1=O.Cl. The number of hydrogen-bond donors (Lipinski definition) is 2. The van der Waals surface area contributed by atoms with Crippen molar-refractivity contribution in [3.63, 3.8) is 0 Å². The van der Waals surface area contributed by atoms with Crippen LogP contribution < -0.4 is 11.1 Å². The Hall–Kier alpha value is -1.92. The fourth-order valence-corrected chi connectivity index (χ4v) is 1.91. The molecule has 1 aliphatic heterocycles. The van der Waals surface area contributed by atoms with E-state index in [1.165, 1.54) is 25.2 Å². The van der Waals surface area contributed by atoms with Gasteiger partial charge in [0, 0.05) is 24.7 Å². The lowest BCUT2D eigenvalue weighted by Crippen LogP contribution is -2.45. The molecule has 0 atom stereocenters. The molecule has 1 aliphatic rings. The first-order chi connectivity index (χ1) is 9.20. The summed E-state index contributed by atoms with van der Waals surface area (Å²) >= 11 is 0. The molecule has 1 aromatic carbocycles. The second kappa shape index (κ2) is 5.83. The van der Waals surface area contributed by atoms with E-state index in [4.69, 9.17) is 5.73 Å². The summed E-state index contributed by atoms with van der Waals surface area (Å²) in [6, 6.07) is 4.47. The molecule has 0 saturated heterocycles. The molecule has 1 heterocycles. The molecule has 3 N–H and O–H groups in total. The zero-order chi connectivity index (χ0) is 15.1. The van der Waals surface area contributed by atoms with Gasteiger partial charge in [-0.15, -0.1) is 12.4 Å². The molecular formula is C14H18ClN3O3. The molecule has 114 valence electrons. The molecular weight excluding hydrogens is 294 g/mol. The van der Waals surface area contributed by atoms with Gasteiger partial charge in [-0.05, 0) is 32.0 Å². The molecule has 0 saturated carbocycles. The first-order valence-corrected chi connectivity index (χ1v) is 6.24. The van der Waals surface area contributed by atoms with Gasteiger partial charge in [0.15, 0.2) is 0 Å². The Bertz CT molecular complexity index is 608. The third kappa shape index (κ3) is 3.40. The van der Waals surface area contributed by atoms with Gasteiger partial charge in [-0.2, -0.15) is 0 Å². The van der Waals surface area contributed by atoms with Crippen molar-refractivity contribution in [1.82, 2.24) is 10.2 Å². The topological polar surface area (TPSA) is 92.5 Å². The molecule has 1 aromatic rings. The van der Waals surface area contributed by atoms with Gasteiger partial charge in [0.1, 0.15) is 0 Å². The maximum Gasteiger partial charge on any atom is 0.261 e. The number of fused-ring (bicyclic) bond motifs is 1. The van der Waals surface area contributed by atoms with Crippen LogP contribution in [0.25, 0.3) is 0 Å². The summed E-state index contributed by atoms with van der Waals surface area (Å²) in [5.41, 5.74) is 6.20. The smallest absolute Gasteiger partial charge is 0.261 e. The predicted octanol–water partition coefficient (Wildman–Crippen LogP) is 0.801. The van der Waals surface area contributed by atoms with Crippen molar-refractivity contribution in [3.8, 4) is 0 Å². The van der Waals surface area contributed by atoms with E-state index in [1.54, 1.807) is 13.8 Å². The molecule has 0 radical (unpaired) electrons. The van der Waals surface area contributed by atoms with Gasteiger partial charge in [-0.1, -0.05) is 0 Å². The Morgan fingerprint density at radius 3 is 2.38 bits per heavy atom. The predicted molar refractivity (Wildman–Crippen MR) is 80.7 cm³/mol. The average molecular weight is 312 g/mol. The molecule has 0 bridgehead atoms. The molecule has 3 amide bonds. The zero-order valence-electron chi connectivity index (χ0n) is 12.1. The highest BCUT2D eigenvalue weighted by Gasteiger charge is 2.33. The number of nitrogens with zero attached hydrogens (tertiary/aromatic N) is 1. The van der Waals surface area contributed by atoms with Gasteiger partial charge in [-0.3, -0.25) is 19.3 Å². The molecule has 0 spiro atoms. The summed E-state index contributed by atoms with van der Waals surface area (Å²) in [7, 11) is 1.42. The van der Waals surface area contributed by atoms with Crippen molar-refractivity contribution < 1.29 is 14.4 Å². The number of halogens is 1. The summed E-state index contributed by atoms with van der Waals surface area (Å²) in [6.07, 6.45) is 0. The fraction of sp³-hybridized carbons (Fsp3) is 0.357. The maximum atomic E-state index is 12.0. The van der Waals surface area contributed by atoms with Crippen LogP contribution in [0, 0.1) is 0 Å². The molecule has 0 aliphatic carbocycles. The third-order valence-corrected chi connectivity index (χ3v) is 3.06. The monoisotopic (exact) mass is 311 g/mol. The molecule has 0 fully saturated rings. The summed E-state index contributed by atoms with van der Waals surface area (Å²) in [5.74, 6) is -1.06. The van der Waals surface area contributed by atoms with Gasteiger partial charge < -0.3 is 11.1 Å². The second-order valence-electron chi connectivity index (χ2n) is 5.60. The molecule has 2 rings (SSSR count). The maximum absolute atomic E-state index is 12.0. The molecule has 0 unspecified atom stereocenters. The van der Waals surface area contributed by atoms with E-state index in [0.29, 0.717) is 17.7 Å². The minimum Gasteiger partial charge on any atom is -0.350 e. The van der Waals surface area contributed by atoms with E-state index >= 15 is 0 Å². The number of rotatable bonds is 3. The fourth-order valence-electron chi connectivity index (χ4n) is 1.91. The molecule has 6 nitrogen and oxygen atoms in total. The number of carbonyl (C=O) groups excluding carboxylic acids is 3.